The van der Waals surface area contributed by atoms with Crippen molar-refractivity contribution >= 4 is 17.3 Å². The van der Waals surface area contributed by atoms with E-state index in [1.54, 1.807) is 0 Å². The molecular weight excluding hydrogens is 374 g/mol. The van der Waals surface area contributed by atoms with E-state index in [1.165, 1.54) is 25.3 Å². The van der Waals surface area contributed by atoms with E-state index < -0.39 is 11.6 Å². The van der Waals surface area contributed by atoms with Crippen LogP contribution in [-0.2, 0) is 4.79 Å². The van der Waals surface area contributed by atoms with Crippen LogP contribution in [0.25, 0.3) is 0 Å². The molecule has 0 aliphatic carbocycles. The molecule has 0 radical (unpaired) electrons. The molecule has 1 aromatic carbocycles. The monoisotopic (exact) mass is 408 g/mol. The number of halogens is 2. The quantitative estimate of drug-likeness (QED) is 0.608. The Balaban J connectivity index is 1.79. The summed E-state index contributed by atoms with van der Waals surface area (Å²) >= 11 is 0. The van der Waals surface area contributed by atoms with Crippen molar-refractivity contribution in [3.63, 3.8) is 0 Å². The molecule has 7 heteroatoms. The van der Waals surface area contributed by atoms with Gasteiger partial charge >= 0.3 is 0 Å². The van der Waals surface area contributed by atoms with E-state index in [4.69, 9.17) is 0 Å². The maximum Gasteiger partial charge on any atom is 0.236 e. The van der Waals surface area contributed by atoms with Gasteiger partial charge < -0.3 is 20.4 Å². The summed E-state index contributed by atoms with van der Waals surface area (Å²) in [4.78, 5) is 16.2. The zero-order valence-electron chi connectivity index (χ0n) is 17.9. The molecule has 0 bridgehead atoms. The third-order valence-corrected chi connectivity index (χ3v) is 5.96. The van der Waals surface area contributed by atoms with Crippen molar-refractivity contribution in [2.45, 2.75) is 59.0 Å². The summed E-state index contributed by atoms with van der Waals surface area (Å²) in [5.41, 5.74) is 0.602. The highest BCUT2D eigenvalue weighted by atomic mass is 19.1. The van der Waals surface area contributed by atoms with E-state index in [1.807, 2.05) is 4.90 Å². The molecule has 0 aromatic heterocycles. The van der Waals surface area contributed by atoms with E-state index >= 15 is 0 Å². The average molecular weight is 409 g/mol. The van der Waals surface area contributed by atoms with Gasteiger partial charge in [-0.15, -0.1) is 0 Å². The second kappa shape index (κ2) is 9.28. The first kappa shape index (κ1) is 21.8. The summed E-state index contributed by atoms with van der Waals surface area (Å²) < 4.78 is 28.5. The topological polar surface area (TPSA) is 47.6 Å². The third-order valence-electron chi connectivity index (χ3n) is 5.96. The number of anilines is 2. The normalized spacial score (nSPS) is 19.5. The molecule has 162 valence electrons. The Morgan fingerprint density at radius 3 is 2.66 bits per heavy atom. The smallest absolute Gasteiger partial charge is 0.236 e. The van der Waals surface area contributed by atoms with Crippen LogP contribution in [0, 0.1) is 17.0 Å². The van der Waals surface area contributed by atoms with Gasteiger partial charge in [0.25, 0.3) is 0 Å². The number of fused-ring (bicyclic) bond motifs is 1. The van der Waals surface area contributed by atoms with Crippen molar-refractivity contribution in [3.8, 4) is 0 Å². The number of nitrogens with zero attached hydrogens (tertiary/aromatic N) is 2. The molecule has 2 N–H and O–H groups in total. The highest BCUT2D eigenvalue weighted by Gasteiger charge is 2.42. The van der Waals surface area contributed by atoms with Crippen LogP contribution < -0.4 is 15.5 Å². The van der Waals surface area contributed by atoms with Crippen molar-refractivity contribution in [3.05, 3.63) is 23.8 Å². The molecule has 3 rings (SSSR count). The lowest BCUT2D eigenvalue weighted by atomic mass is 9.87. The minimum Gasteiger partial charge on any atom is -0.361 e. The molecule has 2 heterocycles. The average Bonchev–Trinajstić information content (AvgIpc) is 3.03. The Bertz CT molecular complexity index is 725. The summed E-state index contributed by atoms with van der Waals surface area (Å²) in [5, 5.41) is 6.40. The lowest BCUT2D eigenvalue weighted by Crippen LogP contribution is -2.56. The molecule has 1 unspecified atom stereocenters. The highest BCUT2D eigenvalue weighted by molar-refractivity contribution is 5.79. The zero-order chi connectivity index (χ0) is 21.0. The molecule has 0 spiro atoms. The number of rotatable bonds is 9. The predicted octanol–water partition coefficient (Wildman–Crippen LogP) is 3.95. The van der Waals surface area contributed by atoms with Gasteiger partial charge in [0.05, 0.1) is 17.9 Å². The van der Waals surface area contributed by atoms with Crippen LogP contribution in [0.3, 0.4) is 0 Å². The molecule has 2 aliphatic rings. The van der Waals surface area contributed by atoms with E-state index in [0.717, 1.165) is 32.0 Å². The summed E-state index contributed by atoms with van der Waals surface area (Å²) in [6.45, 7) is 9.46. The Kier molecular flexibility index (Phi) is 6.98. The van der Waals surface area contributed by atoms with Crippen LogP contribution in [0.2, 0.25) is 0 Å². The van der Waals surface area contributed by atoms with Gasteiger partial charge in [-0.25, -0.2) is 8.78 Å². The zero-order valence-corrected chi connectivity index (χ0v) is 17.9. The summed E-state index contributed by atoms with van der Waals surface area (Å²) in [7, 11) is 0. The number of amides is 1. The van der Waals surface area contributed by atoms with Gasteiger partial charge in [-0.2, -0.15) is 0 Å². The number of carbonyl (C=O) groups is 1. The molecule has 1 amide bonds. The molecule has 1 aromatic rings. The molecule has 1 saturated heterocycles. The van der Waals surface area contributed by atoms with Crippen molar-refractivity contribution in [2.24, 2.45) is 5.41 Å². The number of piperazine rings is 1. The Morgan fingerprint density at radius 2 is 1.93 bits per heavy atom. The molecule has 0 saturated carbocycles. The van der Waals surface area contributed by atoms with E-state index in [0.29, 0.717) is 31.0 Å². The second-order valence-corrected chi connectivity index (χ2v) is 8.92. The standard InChI is InChI=1S/C22H34F2N4O/c1-4-5-6-7-8-10-28-18-13-16(23)12-17(24)20(18)26-21(28)22(2,3)15-27-11-9-25-14-19(27)29/h12-13,21,25-26H,4-11,14-15H2,1-3H3. The van der Waals surface area contributed by atoms with Crippen LogP contribution in [-0.4, -0.2) is 49.7 Å². The lowest BCUT2D eigenvalue weighted by molar-refractivity contribution is -0.133. The van der Waals surface area contributed by atoms with Crippen LogP contribution >= 0.6 is 0 Å². The van der Waals surface area contributed by atoms with Gasteiger partial charge in [-0.3, -0.25) is 4.79 Å². The van der Waals surface area contributed by atoms with Crippen molar-refractivity contribution < 1.29 is 13.6 Å². The number of unbranched alkanes of at least 4 members (excludes halogenated alkanes) is 4. The first-order chi connectivity index (χ1) is 13.8. The minimum atomic E-state index is -0.562. The fourth-order valence-electron chi connectivity index (χ4n) is 4.43. The van der Waals surface area contributed by atoms with Crippen LogP contribution in [0.4, 0.5) is 20.2 Å². The first-order valence-corrected chi connectivity index (χ1v) is 10.8. The molecule has 5 nitrogen and oxygen atoms in total. The fraction of sp³-hybridized carbons (Fsp3) is 0.682. The molecular formula is C22H34F2N4O. The number of nitrogens with one attached hydrogen (secondary N) is 2. The van der Waals surface area contributed by atoms with Gasteiger partial charge in [0.2, 0.25) is 5.91 Å². The number of hydrogen-bond donors (Lipinski definition) is 2. The van der Waals surface area contributed by atoms with Gasteiger partial charge in [0, 0.05) is 37.7 Å². The SMILES string of the molecule is CCCCCCCN1c2cc(F)cc(F)c2NC1C(C)(C)CN1CCNCC1=O. The van der Waals surface area contributed by atoms with E-state index in [2.05, 4.69) is 36.3 Å². The van der Waals surface area contributed by atoms with Crippen molar-refractivity contribution in [2.75, 3.05) is 42.9 Å². The molecule has 1 atom stereocenters. The summed E-state index contributed by atoms with van der Waals surface area (Å²) in [6.07, 6.45) is 5.42. The van der Waals surface area contributed by atoms with Crippen LogP contribution in [0.15, 0.2) is 12.1 Å². The van der Waals surface area contributed by atoms with Crippen LogP contribution in [0.5, 0.6) is 0 Å². The lowest BCUT2D eigenvalue weighted by Gasteiger charge is -2.42. The molecule has 1 fully saturated rings. The number of hydrogen-bond acceptors (Lipinski definition) is 4. The highest BCUT2D eigenvalue weighted by Crippen LogP contribution is 2.43. The largest absolute Gasteiger partial charge is 0.361 e. The second-order valence-electron chi connectivity index (χ2n) is 8.92. The summed E-state index contributed by atoms with van der Waals surface area (Å²) in [5.74, 6) is -1.04. The van der Waals surface area contributed by atoms with Crippen molar-refractivity contribution in [1.82, 2.24) is 10.2 Å². The molecule has 29 heavy (non-hydrogen) atoms. The Morgan fingerprint density at radius 1 is 1.17 bits per heavy atom. The first-order valence-electron chi connectivity index (χ1n) is 10.8. The van der Waals surface area contributed by atoms with Crippen LogP contribution in [0.1, 0.15) is 52.9 Å². The fourth-order valence-corrected chi connectivity index (χ4v) is 4.43. The number of benzene rings is 1. The van der Waals surface area contributed by atoms with Gasteiger partial charge in [-0.05, 0) is 12.5 Å². The van der Waals surface area contributed by atoms with Crippen molar-refractivity contribution in [1.29, 1.82) is 0 Å². The maximum atomic E-state index is 14.5. The maximum absolute atomic E-state index is 14.5. The minimum absolute atomic E-state index is 0.0863. The summed E-state index contributed by atoms with van der Waals surface area (Å²) in [6, 6.07) is 2.35. The Hall–Kier alpha value is -1.89. The van der Waals surface area contributed by atoms with Gasteiger partial charge in [-0.1, -0.05) is 46.5 Å². The Labute approximate surface area is 172 Å². The number of carbonyl (C=O) groups excluding carboxylic acids is 1. The molecule has 2 aliphatic heterocycles. The van der Waals surface area contributed by atoms with Gasteiger partial charge in [0.1, 0.15) is 12.0 Å². The third kappa shape index (κ3) is 5.00. The predicted molar refractivity (Wildman–Crippen MR) is 113 cm³/mol. The van der Waals surface area contributed by atoms with Gasteiger partial charge in [0.15, 0.2) is 5.82 Å². The van der Waals surface area contributed by atoms with E-state index in [-0.39, 0.29) is 17.5 Å². The van der Waals surface area contributed by atoms with E-state index in [9.17, 15) is 13.6 Å².